The van der Waals surface area contributed by atoms with Crippen LogP contribution in [-0.2, 0) is 4.79 Å². The number of rotatable bonds is 4. The number of nitrogens with zero attached hydrogens (tertiary/aromatic N) is 1. The standard InChI is InChI=1S/C24H25N3O4/c1-15(28)25-18-9-11-19(12-10-18)27-23(30)20-13-8-16(14-21(20)24(27)31)22(29)26-17-6-4-2-3-5-7-17/h8-14,17H,2-7H2,1H3,(H,25,28)(H,26,29). The second kappa shape index (κ2) is 8.71. The van der Waals surface area contributed by atoms with E-state index in [-0.39, 0.29) is 29.0 Å². The third-order valence-electron chi connectivity index (χ3n) is 5.79. The first-order valence-electron chi connectivity index (χ1n) is 10.7. The van der Waals surface area contributed by atoms with Crippen molar-refractivity contribution in [2.45, 2.75) is 51.5 Å². The average molecular weight is 419 g/mol. The van der Waals surface area contributed by atoms with E-state index in [0.29, 0.717) is 16.9 Å². The van der Waals surface area contributed by atoms with Crippen LogP contribution in [-0.4, -0.2) is 29.7 Å². The first-order valence-corrected chi connectivity index (χ1v) is 10.7. The van der Waals surface area contributed by atoms with Crippen molar-refractivity contribution in [3.05, 3.63) is 59.2 Å². The monoisotopic (exact) mass is 419 g/mol. The number of amides is 4. The van der Waals surface area contributed by atoms with Crippen LogP contribution in [0.1, 0.15) is 76.5 Å². The van der Waals surface area contributed by atoms with Crippen molar-refractivity contribution in [2.75, 3.05) is 10.2 Å². The molecular formula is C24H25N3O4. The number of carbonyl (C=O) groups is 4. The molecule has 0 atom stereocenters. The van der Waals surface area contributed by atoms with E-state index in [1.54, 1.807) is 36.4 Å². The maximum atomic E-state index is 13.0. The summed E-state index contributed by atoms with van der Waals surface area (Å²) < 4.78 is 0. The molecule has 7 nitrogen and oxygen atoms in total. The largest absolute Gasteiger partial charge is 0.349 e. The molecule has 1 aliphatic carbocycles. The van der Waals surface area contributed by atoms with Gasteiger partial charge in [-0.25, -0.2) is 4.90 Å². The summed E-state index contributed by atoms with van der Waals surface area (Å²) in [4.78, 5) is 50.8. The van der Waals surface area contributed by atoms with Crippen LogP contribution in [0.3, 0.4) is 0 Å². The van der Waals surface area contributed by atoms with Crippen molar-refractivity contribution in [1.82, 2.24) is 5.32 Å². The van der Waals surface area contributed by atoms with Crippen LogP contribution in [0.5, 0.6) is 0 Å². The van der Waals surface area contributed by atoms with Gasteiger partial charge in [-0.2, -0.15) is 0 Å². The molecule has 0 bridgehead atoms. The molecule has 2 aliphatic rings. The molecular weight excluding hydrogens is 394 g/mol. The Morgan fingerprint density at radius 2 is 1.52 bits per heavy atom. The summed E-state index contributed by atoms with van der Waals surface area (Å²) in [5, 5.41) is 5.72. The Hall–Kier alpha value is -3.48. The zero-order chi connectivity index (χ0) is 22.0. The fourth-order valence-corrected chi connectivity index (χ4v) is 4.21. The highest BCUT2D eigenvalue weighted by Gasteiger charge is 2.37. The number of hydrogen-bond acceptors (Lipinski definition) is 4. The Labute approximate surface area is 180 Å². The van der Waals surface area contributed by atoms with E-state index in [0.717, 1.165) is 30.6 Å². The lowest BCUT2D eigenvalue weighted by Crippen LogP contribution is -2.34. The van der Waals surface area contributed by atoms with Crippen LogP contribution in [0.25, 0.3) is 0 Å². The van der Waals surface area contributed by atoms with E-state index in [9.17, 15) is 19.2 Å². The Bertz CT molecular complexity index is 1040. The van der Waals surface area contributed by atoms with Gasteiger partial charge in [0.1, 0.15) is 0 Å². The molecule has 160 valence electrons. The number of nitrogens with one attached hydrogen (secondary N) is 2. The summed E-state index contributed by atoms with van der Waals surface area (Å²) in [7, 11) is 0. The van der Waals surface area contributed by atoms with Crippen molar-refractivity contribution < 1.29 is 19.2 Å². The number of hydrogen-bond donors (Lipinski definition) is 2. The summed E-state index contributed by atoms with van der Waals surface area (Å²) >= 11 is 0. The summed E-state index contributed by atoms with van der Waals surface area (Å²) in [5.74, 6) is -1.31. The van der Waals surface area contributed by atoms with Crippen molar-refractivity contribution in [3.63, 3.8) is 0 Å². The zero-order valence-corrected chi connectivity index (χ0v) is 17.4. The summed E-state index contributed by atoms with van der Waals surface area (Å²) in [6.07, 6.45) is 6.55. The van der Waals surface area contributed by atoms with Gasteiger partial charge in [-0.15, -0.1) is 0 Å². The Morgan fingerprint density at radius 3 is 2.16 bits per heavy atom. The predicted octanol–water partition coefficient (Wildman–Crippen LogP) is 3.90. The highest BCUT2D eigenvalue weighted by Crippen LogP contribution is 2.30. The fourth-order valence-electron chi connectivity index (χ4n) is 4.21. The molecule has 4 rings (SSSR count). The van der Waals surface area contributed by atoms with Crippen molar-refractivity contribution in [1.29, 1.82) is 0 Å². The summed E-state index contributed by atoms with van der Waals surface area (Å²) in [6.45, 7) is 1.40. The molecule has 31 heavy (non-hydrogen) atoms. The molecule has 0 unspecified atom stereocenters. The summed E-state index contributed by atoms with van der Waals surface area (Å²) in [5.41, 5.74) is 1.87. The van der Waals surface area contributed by atoms with Gasteiger partial charge < -0.3 is 10.6 Å². The minimum Gasteiger partial charge on any atom is -0.349 e. The van der Waals surface area contributed by atoms with Gasteiger partial charge in [-0.1, -0.05) is 25.7 Å². The minimum absolute atomic E-state index is 0.152. The molecule has 0 radical (unpaired) electrons. The second-order valence-corrected chi connectivity index (χ2v) is 8.10. The van der Waals surface area contributed by atoms with E-state index < -0.39 is 11.8 Å². The topological polar surface area (TPSA) is 95.6 Å². The van der Waals surface area contributed by atoms with Gasteiger partial charge in [0, 0.05) is 24.2 Å². The molecule has 0 aromatic heterocycles. The maximum Gasteiger partial charge on any atom is 0.266 e. The minimum atomic E-state index is -0.462. The van der Waals surface area contributed by atoms with Gasteiger partial charge in [0.2, 0.25) is 5.91 Å². The third kappa shape index (κ3) is 4.35. The van der Waals surface area contributed by atoms with E-state index in [2.05, 4.69) is 10.6 Å². The van der Waals surface area contributed by atoms with Gasteiger partial charge in [0.15, 0.2) is 0 Å². The van der Waals surface area contributed by atoms with Gasteiger partial charge in [0.05, 0.1) is 16.8 Å². The smallest absolute Gasteiger partial charge is 0.266 e. The van der Waals surface area contributed by atoms with Crippen molar-refractivity contribution in [2.24, 2.45) is 0 Å². The molecule has 1 fully saturated rings. The van der Waals surface area contributed by atoms with E-state index >= 15 is 0 Å². The van der Waals surface area contributed by atoms with Gasteiger partial charge in [0.25, 0.3) is 17.7 Å². The van der Waals surface area contributed by atoms with Crippen LogP contribution >= 0.6 is 0 Å². The molecule has 1 aliphatic heterocycles. The lowest BCUT2D eigenvalue weighted by molar-refractivity contribution is -0.114. The normalized spacial score (nSPS) is 16.6. The molecule has 2 aromatic rings. The molecule has 0 saturated heterocycles. The van der Waals surface area contributed by atoms with Gasteiger partial charge in [-0.05, 0) is 55.3 Å². The number of imide groups is 1. The Kier molecular flexibility index (Phi) is 5.84. The molecule has 2 aromatic carbocycles. The molecule has 4 amide bonds. The number of anilines is 2. The lowest BCUT2D eigenvalue weighted by atomic mass is 10.0. The van der Waals surface area contributed by atoms with Crippen LogP contribution < -0.4 is 15.5 Å². The highest BCUT2D eigenvalue weighted by molar-refractivity contribution is 6.34. The van der Waals surface area contributed by atoms with E-state index in [1.165, 1.54) is 25.8 Å². The highest BCUT2D eigenvalue weighted by atomic mass is 16.2. The van der Waals surface area contributed by atoms with E-state index in [4.69, 9.17) is 0 Å². The third-order valence-corrected chi connectivity index (χ3v) is 5.79. The van der Waals surface area contributed by atoms with Gasteiger partial charge >= 0.3 is 0 Å². The van der Waals surface area contributed by atoms with Crippen LogP contribution in [0.15, 0.2) is 42.5 Å². The zero-order valence-electron chi connectivity index (χ0n) is 17.4. The number of carbonyl (C=O) groups excluding carboxylic acids is 4. The van der Waals surface area contributed by atoms with Crippen LogP contribution in [0.4, 0.5) is 11.4 Å². The molecule has 1 saturated carbocycles. The fraction of sp³-hybridized carbons (Fsp3) is 0.333. The van der Waals surface area contributed by atoms with Crippen LogP contribution in [0.2, 0.25) is 0 Å². The lowest BCUT2D eigenvalue weighted by Gasteiger charge is -2.16. The second-order valence-electron chi connectivity index (χ2n) is 8.10. The van der Waals surface area contributed by atoms with Crippen molar-refractivity contribution >= 4 is 35.0 Å². The average Bonchev–Trinajstić information content (AvgIpc) is 2.91. The molecule has 2 N–H and O–H groups in total. The SMILES string of the molecule is CC(=O)Nc1ccc(N2C(=O)c3ccc(C(=O)NC4CCCCCC4)cc3C2=O)cc1. The Balaban J connectivity index is 1.53. The maximum absolute atomic E-state index is 13.0. The van der Waals surface area contributed by atoms with Gasteiger partial charge in [-0.3, -0.25) is 19.2 Å². The molecule has 0 spiro atoms. The number of fused-ring (bicyclic) bond motifs is 1. The van der Waals surface area contributed by atoms with E-state index in [1.807, 2.05) is 0 Å². The quantitative estimate of drug-likeness (QED) is 0.580. The predicted molar refractivity (Wildman–Crippen MR) is 117 cm³/mol. The van der Waals surface area contributed by atoms with Crippen molar-refractivity contribution in [3.8, 4) is 0 Å². The Morgan fingerprint density at radius 1 is 0.871 bits per heavy atom. The molecule has 1 heterocycles. The first kappa shape index (κ1) is 20.8. The number of benzene rings is 2. The first-order chi connectivity index (χ1) is 14.9. The van der Waals surface area contributed by atoms with Crippen LogP contribution in [0, 0.1) is 0 Å². The summed E-state index contributed by atoms with van der Waals surface area (Å²) in [6, 6.07) is 11.3. The molecule has 7 heteroatoms.